The summed E-state index contributed by atoms with van der Waals surface area (Å²) >= 11 is 5.49. The van der Waals surface area contributed by atoms with Crippen LogP contribution in [0.4, 0.5) is 0 Å². The second kappa shape index (κ2) is 18.3. The molecule has 158 valence electrons. The fourth-order valence-corrected chi connectivity index (χ4v) is 2.81. The topological polar surface area (TPSA) is 98.8 Å². The SMILES string of the molecule is CCCCCC(OC(=O)CCl)C(O)C/C=C\CCCCCCCC(=O)ON. The van der Waals surface area contributed by atoms with Crippen LogP contribution in [0, 0.1) is 0 Å². The number of carbonyl (C=O) groups is 2. The largest absolute Gasteiger partial charge is 0.459 e. The van der Waals surface area contributed by atoms with Gasteiger partial charge in [0, 0.05) is 6.42 Å². The summed E-state index contributed by atoms with van der Waals surface area (Å²) in [7, 11) is 0. The van der Waals surface area contributed by atoms with Crippen LogP contribution in [0.3, 0.4) is 0 Å². The van der Waals surface area contributed by atoms with E-state index in [0.29, 0.717) is 19.3 Å². The summed E-state index contributed by atoms with van der Waals surface area (Å²) in [6, 6.07) is 0. The standard InChI is InChI=1S/C20H36ClNO5/c1-2-3-10-14-18(26-20(25)16-21)17(23)13-11-8-6-4-5-7-9-12-15-19(24)27-22/h8,11,17-18,23H,2-7,9-10,12-16,22H2,1H3/b11-8-. The predicted octanol–water partition coefficient (Wildman–Crippen LogP) is 4.17. The van der Waals surface area contributed by atoms with Crippen molar-refractivity contribution in [3.63, 3.8) is 0 Å². The average Bonchev–Trinajstić information content (AvgIpc) is 2.67. The van der Waals surface area contributed by atoms with Gasteiger partial charge < -0.3 is 14.7 Å². The van der Waals surface area contributed by atoms with Gasteiger partial charge in [0.1, 0.15) is 12.0 Å². The third kappa shape index (κ3) is 15.6. The smallest absolute Gasteiger partial charge is 0.324 e. The highest BCUT2D eigenvalue weighted by molar-refractivity contribution is 6.26. The van der Waals surface area contributed by atoms with Gasteiger partial charge in [-0.2, -0.15) is 5.90 Å². The number of esters is 1. The maximum absolute atomic E-state index is 11.4. The van der Waals surface area contributed by atoms with Crippen molar-refractivity contribution in [2.75, 3.05) is 5.88 Å². The summed E-state index contributed by atoms with van der Waals surface area (Å²) in [6.45, 7) is 2.10. The van der Waals surface area contributed by atoms with Crippen molar-refractivity contribution in [2.45, 2.75) is 96.2 Å². The third-order valence-corrected chi connectivity index (χ3v) is 4.56. The van der Waals surface area contributed by atoms with Crippen LogP contribution in [0.25, 0.3) is 0 Å². The van der Waals surface area contributed by atoms with Crippen molar-refractivity contribution in [1.82, 2.24) is 0 Å². The Labute approximate surface area is 168 Å². The summed E-state index contributed by atoms with van der Waals surface area (Å²) in [4.78, 5) is 26.4. The second-order valence-electron chi connectivity index (χ2n) is 6.73. The summed E-state index contributed by atoms with van der Waals surface area (Å²) < 4.78 is 5.27. The van der Waals surface area contributed by atoms with Crippen molar-refractivity contribution in [3.05, 3.63) is 12.2 Å². The van der Waals surface area contributed by atoms with Crippen LogP contribution >= 0.6 is 11.6 Å². The first-order valence-electron chi connectivity index (χ1n) is 10.0. The highest BCUT2D eigenvalue weighted by Gasteiger charge is 2.21. The number of ether oxygens (including phenoxy) is 1. The molecule has 0 saturated heterocycles. The van der Waals surface area contributed by atoms with E-state index in [2.05, 4.69) is 17.8 Å². The van der Waals surface area contributed by atoms with Crippen LogP contribution in [-0.2, 0) is 19.2 Å². The number of nitrogens with two attached hydrogens (primary N) is 1. The Balaban J connectivity index is 3.90. The number of hydrogen-bond acceptors (Lipinski definition) is 6. The number of aliphatic hydroxyl groups excluding tert-OH is 1. The molecule has 0 spiro atoms. The first-order valence-corrected chi connectivity index (χ1v) is 10.6. The van der Waals surface area contributed by atoms with E-state index in [1.807, 2.05) is 6.08 Å². The van der Waals surface area contributed by atoms with Gasteiger partial charge >= 0.3 is 11.9 Å². The number of rotatable bonds is 17. The van der Waals surface area contributed by atoms with Gasteiger partial charge in [-0.15, -0.1) is 11.6 Å². The van der Waals surface area contributed by atoms with Gasteiger partial charge in [-0.3, -0.25) is 9.59 Å². The molecule has 7 heteroatoms. The van der Waals surface area contributed by atoms with Crippen molar-refractivity contribution in [3.8, 4) is 0 Å². The first-order chi connectivity index (χ1) is 13.0. The summed E-state index contributed by atoms with van der Waals surface area (Å²) in [5, 5.41) is 10.3. The molecule has 6 nitrogen and oxygen atoms in total. The van der Waals surface area contributed by atoms with Crippen LogP contribution < -0.4 is 5.90 Å². The molecule has 2 atom stereocenters. The quantitative estimate of drug-likeness (QED) is 0.124. The molecule has 0 heterocycles. The number of allylic oxidation sites excluding steroid dienone is 1. The molecule has 0 aromatic carbocycles. The highest BCUT2D eigenvalue weighted by Crippen LogP contribution is 2.15. The Morgan fingerprint density at radius 1 is 1.04 bits per heavy atom. The summed E-state index contributed by atoms with van der Waals surface area (Å²) in [6.07, 6.45) is 13.3. The molecular weight excluding hydrogens is 370 g/mol. The van der Waals surface area contributed by atoms with Crippen LogP contribution in [0.1, 0.15) is 84.0 Å². The van der Waals surface area contributed by atoms with E-state index < -0.39 is 18.2 Å². The lowest BCUT2D eigenvalue weighted by Gasteiger charge is -2.22. The molecule has 0 aliphatic heterocycles. The average molecular weight is 406 g/mol. The molecule has 0 aromatic rings. The number of halogens is 1. The minimum absolute atomic E-state index is 0.194. The lowest BCUT2D eigenvalue weighted by Crippen LogP contribution is -2.31. The molecule has 3 N–H and O–H groups in total. The monoisotopic (exact) mass is 405 g/mol. The molecule has 0 bridgehead atoms. The van der Waals surface area contributed by atoms with Crippen LogP contribution in [0.5, 0.6) is 0 Å². The molecule has 2 unspecified atom stereocenters. The van der Waals surface area contributed by atoms with E-state index >= 15 is 0 Å². The Bertz CT molecular complexity index is 417. The van der Waals surface area contributed by atoms with Gasteiger partial charge in [0.2, 0.25) is 0 Å². The number of unbranched alkanes of at least 4 members (excludes halogenated alkanes) is 7. The van der Waals surface area contributed by atoms with Crippen LogP contribution in [0.2, 0.25) is 0 Å². The summed E-state index contributed by atoms with van der Waals surface area (Å²) in [5.41, 5.74) is 0. The van der Waals surface area contributed by atoms with Gasteiger partial charge in [0.15, 0.2) is 0 Å². The number of hydrogen-bond donors (Lipinski definition) is 2. The zero-order chi connectivity index (χ0) is 20.3. The van der Waals surface area contributed by atoms with Gasteiger partial charge in [-0.25, -0.2) is 0 Å². The first kappa shape index (κ1) is 25.9. The number of aliphatic hydroxyl groups is 1. The lowest BCUT2D eigenvalue weighted by atomic mass is 10.0. The second-order valence-corrected chi connectivity index (χ2v) is 7.00. The Kier molecular flexibility index (Phi) is 17.5. The maximum Gasteiger partial charge on any atom is 0.324 e. The van der Waals surface area contributed by atoms with Crippen LogP contribution in [-0.4, -0.2) is 35.1 Å². The third-order valence-electron chi connectivity index (χ3n) is 4.34. The van der Waals surface area contributed by atoms with Gasteiger partial charge in [0.05, 0.1) is 6.10 Å². The Hall–Kier alpha value is -1.11. The molecule has 0 saturated carbocycles. The zero-order valence-electron chi connectivity index (χ0n) is 16.5. The Morgan fingerprint density at radius 3 is 2.41 bits per heavy atom. The van der Waals surface area contributed by atoms with Crippen molar-refractivity contribution < 1.29 is 24.3 Å². The van der Waals surface area contributed by atoms with E-state index in [4.69, 9.17) is 22.2 Å². The maximum atomic E-state index is 11.4. The highest BCUT2D eigenvalue weighted by atomic mass is 35.5. The van der Waals surface area contributed by atoms with E-state index in [1.54, 1.807) is 0 Å². The van der Waals surface area contributed by atoms with E-state index in [0.717, 1.165) is 57.8 Å². The molecule has 0 radical (unpaired) electrons. The molecule has 0 aliphatic rings. The van der Waals surface area contributed by atoms with Gasteiger partial charge in [0.25, 0.3) is 0 Å². The van der Waals surface area contributed by atoms with E-state index in [-0.39, 0.29) is 11.8 Å². The predicted molar refractivity (Wildman–Crippen MR) is 107 cm³/mol. The molecule has 0 aromatic heterocycles. The Morgan fingerprint density at radius 2 is 1.74 bits per heavy atom. The molecule has 0 rings (SSSR count). The minimum Gasteiger partial charge on any atom is -0.459 e. The minimum atomic E-state index is -0.701. The van der Waals surface area contributed by atoms with E-state index in [9.17, 15) is 14.7 Å². The normalized spacial score (nSPS) is 13.5. The van der Waals surface area contributed by atoms with Gasteiger partial charge in [-0.1, -0.05) is 51.2 Å². The van der Waals surface area contributed by atoms with Crippen molar-refractivity contribution in [2.24, 2.45) is 5.90 Å². The molecule has 0 amide bonds. The number of carbonyl (C=O) groups excluding carboxylic acids is 2. The number of alkyl halides is 1. The fraction of sp³-hybridized carbons (Fsp3) is 0.800. The van der Waals surface area contributed by atoms with Crippen molar-refractivity contribution in [1.29, 1.82) is 0 Å². The molecular formula is C20H36ClNO5. The van der Waals surface area contributed by atoms with Crippen LogP contribution in [0.15, 0.2) is 12.2 Å². The summed E-state index contributed by atoms with van der Waals surface area (Å²) in [5.74, 6) is 3.74. The fourth-order valence-electron chi connectivity index (χ4n) is 2.75. The van der Waals surface area contributed by atoms with Crippen molar-refractivity contribution >= 4 is 23.5 Å². The van der Waals surface area contributed by atoms with E-state index in [1.165, 1.54) is 0 Å². The zero-order valence-corrected chi connectivity index (χ0v) is 17.3. The van der Waals surface area contributed by atoms with Gasteiger partial charge in [-0.05, 0) is 38.5 Å². The molecule has 27 heavy (non-hydrogen) atoms. The molecule has 0 aliphatic carbocycles. The lowest BCUT2D eigenvalue weighted by molar-refractivity contribution is -0.152. The molecule has 0 fully saturated rings.